The van der Waals surface area contributed by atoms with Crippen molar-refractivity contribution in [3.8, 4) is 0 Å². The third-order valence-electron chi connectivity index (χ3n) is 5.34. The van der Waals surface area contributed by atoms with E-state index >= 15 is 0 Å². The summed E-state index contributed by atoms with van der Waals surface area (Å²) in [5.74, 6) is 5.54. The third kappa shape index (κ3) is 1.48. The summed E-state index contributed by atoms with van der Waals surface area (Å²) in [4.78, 5) is 0. The van der Waals surface area contributed by atoms with Crippen molar-refractivity contribution in [2.45, 2.75) is 44.6 Å². The van der Waals surface area contributed by atoms with Gasteiger partial charge in [-0.2, -0.15) is 0 Å². The molecule has 1 aromatic heterocycles. The molecule has 92 valence electrons. The molecule has 4 aliphatic rings. The monoisotopic (exact) mass is 232 g/mol. The van der Waals surface area contributed by atoms with Gasteiger partial charge in [0, 0.05) is 18.5 Å². The summed E-state index contributed by atoms with van der Waals surface area (Å²) in [5, 5.41) is 4.07. The Morgan fingerprint density at radius 3 is 2.29 bits per heavy atom. The highest BCUT2D eigenvalue weighted by molar-refractivity contribution is 5.16. The number of rotatable bonds is 2. The van der Waals surface area contributed by atoms with E-state index < -0.39 is 0 Å². The minimum Gasteiger partial charge on any atom is -0.361 e. The molecule has 1 aromatic rings. The van der Waals surface area contributed by atoms with Crippen LogP contribution in [0.1, 0.15) is 49.5 Å². The lowest BCUT2D eigenvalue weighted by molar-refractivity contribution is -0.0113. The number of hydrogen-bond donors (Lipinski definition) is 1. The van der Waals surface area contributed by atoms with E-state index in [1.165, 1.54) is 32.1 Å². The Morgan fingerprint density at radius 2 is 1.76 bits per heavy atom. The van der Waals surface area contributed by atoms with E-state index in [2.05, 4.69) is 11.2 Å². The predicted octanol–water partition coefficient (Wildman–Crippen LogP) is 2.67. The molecule has 1 heterocycles. The van der Waals surface area contributed by atoms with Crippen molar-refractivity contribution in [2.75, 3.05) is 0 Å². The summed E-state index contributed by atoms with van der Waals surface area (Å²) < 4.78 is 5.55. The molecule has 4 saturated carbocycles. The van der Waals surface area contributed by atoms with Gasteiger partial charge in [-0.15, -0.1) is 0 Å². The molecule has 5 rings (SSSR count). The van der Waals surface area contributed by atoms with E-state index in [1.54, 1.807) is 0 Å². The Morgan fingerprint density at radius 1 is 1.12 bits per heavy atom. The quantitative estimate of drug-likeness (QED) is 0.853. The fourth-order valence-corrected chi connectivity index (χ4v) is 4.97. The number of nitrogens with two attached hydrogens (primary N) is 1. The van der Waals surface area contributed by atoms with Gasteiger partial charge >= 0.3 is 0 Å². The summed E-state index contributed by atoms with van der Waals surface area (Å²) in [6.45, 7) is 0.497. The molecular weight excluding hydrogens is 212 g/mol. The average molecular weight is 232 g/mol. The average Bonchev–Trinajstić information content (AvgIpc) is 2.76. The zero-order chi connectivity index (χ0) is 11.4. The van der Waals surface area contributed by atoms with Gasteiger partial charge < -0.3 is 10.3 Å². The van der Waals surface area contributed by atoms with Crippen molar-refractivity contribution in [3.05, 3.63) is 17.5 Å². The predicted molar refractivity (Wildman–Crippen MR) is 64.2 cm³/mol. The largest absolute Gasteiger partial charge is 0.361 e. The first-order chi connectivity index (χ1) is 8.33. The van der Waals surface area contributed by atoms with Gasteiger partial charge in [0.2, 0.25) is 0 Å². The first-order valence-corrected chi connectivity index (χ1v) is 6.99. The highest BCUT2D eigenvalue weighted by Crippen LogP contribution is 2.59. The molecule has 0 atom stereocenters. The van der Waals surface area contributed by atoms with Gasteiger partial charge in [0.25, 0.3) is 0 Å². The Labute approximate surface area is 102 Å². The van der Waals surface area contributed by atoms with Crippen LogP contribution in [0, 0.1) is 23.7 Å². The maximum Gasteiger partial charge on any atom is 0.140 e. The maximum absolute atomic E-state index is 5.62. The number of nitrogens with zero attached hydrogens (tertiary/aromatic N) is 1. The Balaban J connectivity index is 1.65. The molecule has 17 heavy (non-hydrogen) atoms. The van der Waals surface area contributed by atoms with Gasteiger partial charge in [0.05, 0.1) is 5.69 Å². The van der Waals surface area contributed by atoms with Gasteiger partial charge in [0.15, 0.2) is 0 Å². The van der Waals surface area contributed by atoms with Gasteiger partial charge in [0.1, 0.15) is 5.76 Å². The standard InChI is InChI=1S/C14H20N2O/c15-7-12-6-13(17-16-12)14-10-2-8-1-9(4-10)5-11(14)3-8/h6,8-11,14H,1-5,7,15H2. The lowest BCUT2D eigenvalue weighted by atomic mass is 9.51. The summed E-state index contributed by atoms with van der Waals surface area (Å²) in [6.07, 6.45) is 7.21. The van der Waals surface area contributed by atoms with Crippen LogP contribution in [-0.2, 0) is 6.54 Å². The van der Waals surface area contributed by atoms with Gasteiger partial charge in [-0.1, -0.05) is 5.16 Å². The van der Waals surface area contributed by atoms with Crippen LogP contribution < -0.4 is 5.73 Å². The molecule has 0 aromatic carbocycles. The second kappa shape index (κ2) is 3.58. The van der Waals surface area contributed by atoms with E-state index in [0.29, 0.717) is 12.5 Å². The molecule has 0 aliphatic heterocycles. The van der Waals surface area contributed by atoms with Gasteiger partial charge in [-0.05, 0) is 55.8 Å². The SMILES string of the molecule is NCc1cc(C2C3CC4CC(C3)CC2C4)on1. The summed E-state index contributed by atoms with van der Waals surface area (Å²) in [6, 6.07) is 2.10. The highest BCUT2D eigenvalue weighted by Gasteiger charge is 2.49. The first kappa shape index (κ1) is 10.1. The van der Waals surface area contributed by atoms with E-state index in [0.717, 1.165) is 35.1 Å². The second-order valence-electron chi connectivity index (χ2n) is 6.38. The van der Waals surface area contributed by atoms with Crippen LogP contribution in [0.15, 0.2) is 10.6 Å². The normalized spacial score (nSPS) is 43.2. The third-order valence-corrected chi connectivity index (χ3v) is 5.34. The summed E-state index contributed by atoms with van der Waals surface area (Å²) >= 11 is 0. The van der Waals surface area contributed by atoms with Crippen LogP contribution >= 0.6 is 0 Å². The maximum atomic E-state index is 5.62. The van der Waals surface area contributed by atoms with Crippen molar-refractivity contribution in [1.82, 2.24) is 5.16 Å². The van der Waals surface area contributed by atoms with Crippen LogP contribution in [0.3, 0.4) is 0 Å². The topological polar surface area (TPSA) is 52.0 Å². The molecule has 3 nitrogen and oxygen atoms in total. The molecule has 0 saturated heterocycles. The van der Waals surface area contributed by atoms with Crippen LogP contribution in [0.25, 0.3) is 0 Å². The minimum absolute atomic E-state index is 0.497. The Hall–Kier alpha value is -0.830. The summed E-state index contributed by atoms with van der Waals surface area (Å²) in [7, 11) is 0. The molecule has 0 amide bonds. The van der Waals surface area contributed by atoms with Crippen LogP contribution in [-0.4, -0.2) is 5.16 Å². The van der Waals surface area contributed by atoms with Crippen molar-refractivity contribution >= 4 is 0 Å². The Kier molecular flexibility index (Phi) is 2.13. The second-order valence-corrected chi connectivity index (χ2v) is 6.38. The molecule has 4 bridgehead atoms. The molecular formula is C14H20N2O. The molecule has 4 aliphatic carbocycles. The minimum atomic E-state index is 0.497. The molecule has 0 radical (unpaired) electrons. The zero-order valence-electron chi connectivity index (χ0n) is 10.1. The van der Waals surface area contributed by atoms with E-state index in [4.69, 9.17) is 10.3 Å². The molecule has 3 heteroatoms. The van der Waals surface area contributed by atoms with Crippen molar-refractivity contribution in [3.63, 3.8) is 0 Å². The van der Waals surface area contributed by atoms with E-state index in [9.17, 15) is 0 Å². The van der Waals surface area contributed by atoms with Crippen LogP contribution in [0.5, 0.6) is 0 Å². The van der Waals surface area contributed by atoms with Crippen molar-refractivity contribution in [2.24, 2.45) is 29.4 Å². The summed E-state index contributed by atoms with van der Waals surface area (Å²) in [5.41, 5.74) is 6.53. The van der Waals surface area contributed by atoms with Gasteiger partial charge in [-0.25, -0.2) is 0 Å². The fourth-order valence-electron chi connectivity index (χ4n) is 4.97. The lowest BCUT2D eigenvalue weighted by Gasteiger charge is -2.53. The zero-order valence-corrected chi connectivity index (χ0v) is 10.1. The number of hydrogen-bond acceptors (Lipinski definition) is 3. The molecule has 0 unspecified atom stereocenters. The lowest BCUT2D eigenvalue weighted by Crippen LogP contribution is -2.43. The van der Waals surface area contributed by atoms with E-state index in [1.807, 2.05) is 0 Å². The Bertz CT molecular complexity index is 398. The molecule has 2 N–H and O–H groups in total. The highest BCUT2D eigenvalue weighted by atomic mass is 16.5. The van der Waals surface area contributed by atoms with Crippen molar-refractivity contribution < 1.29 is 4.52 Å². The van der Waals surface area contributed by atoms with E-state index in [-0.39, 0.29) is 0 Å². The van der Waals surface area contributed by atoms with Crippen molar-refractivity contribution in [1.29, 1.82) is 0 Å². The fraction of sp³-hybridized carbons (Fsp3) is 0.786. The smallest absolute Gasteiger partial charge is 0.140 e. The van der Waals surface area contributed by atoms with Crippen LogP contribution in [0.4, 0.5) is 0 Å². The molecule has 0 spiro atoms. The van der Waals surface area contributed by atoms with Gasteiger partial charge in [-0.3, -0.25) is 0 Å². The molecule has 4 fully saturated rings. The van der Waals surface area contributed by atoms with Crippen LogP contribution in [0.2, 0.25) is 0 Å². The first-order valence-electron chi connectivity index (χ1n) is 6.99. The number of aromatic nitrogens is 1.